The molecule has 0 spiro atoms. The van der Waals surface area contributed by atoms with Crippen LogP contribution in [0.25, 0.3) is 0 Å². The number of aryl methyl sites for hydroxylation is 1. The van der Waals surface area contributed by atoms with Crippen molar-refractivity contribution < 1.29 is 0 Å². The maximum atomic E-state index is 3.74. The third-order valence-corrected chi connectivity index (χ3v) is 3.76. The minimum absolute atomic E-state index is 0.377. The van der Waals surface area contributed by atoms with Crippen LogP contribution in [-0.4, -0.2) is 5.54 Å². The van der Waals surface area contributed by atoms with Crippen LogP contribution in [0.2, 0.25) is 0 Å². The van der Waals surface area contributed by atoms with Crippen molar-refractivity contribution in [2.45, 2.75) is 58.0 Å². The van der Waals surface area contributed by atoms with Crippen LogP contribution in [0.3, 0.4) is 0 Å². The van der Waals surface area contributed by atoms with Crippen LogP contribution < -0.4 is 5.32 Å². The van der Waals surface area contributed by atoms with Gasteiger partial charge in [-0.3, -0.25) is 0 Å². The van der Waals surface area contributed by atoms with Gasteiger partial charge in [-0.05, 0) is 32.3 Å². The Labute approximate surface area is 99.3 Å². The van der Waals surface area contributed by atoms with Gasteiger partial charge >= 0.3 is 0 Å². The number of benzene rings is 1. The molecule has 1 aliphatic rings. The van der Waals surface area contributed by atoms with Gasteiger partial charge in [0.1, 0.15) is 0 Å². The second kappa shape index (κ2) is 5.01. The molecule has 0 aromatic heterocycles. The molecule has 0 bridgehead atoms. The molecule has 1 fully saturated rings. The Hall–Kier alpha value is -0.820. The van der Waals surface area contributed by atoms with Crippen molar-refractivity contribution in [1.82, 2.24) is 5.32 Å². The quantitative estimate of drug-likeness (QED) is 0.812. The lowest BCUT2D eigenvalue weighted by Gasteiger charge is -2.34. The van der Waals surface area contributed by atoms with E-state index in [0.29, 0.717) is 5.54 Å². The Morgan fingerprint density at radius 3 is 2.62 bits per heavy atom. The number of hydrogen-bond donors (Lipinski definition) is 1. The molecular formula is C15H23N. The van der Waals surface area contributed by atoms with Crippen LogP contribution in [-0.2, 0) is 6.54 Å². The zero-order valence-corrected chi connectivity index (χ0v) is 10.6. The third kappa shape index (κ3) is 3.08. The van der Waals surface area contributed by atoms with Crippen molar-refractivity contribution in [1.29, 1.82) is 0 Å². The summed E-state index contributed by atoms with van der Waals surface area (Å²) in [4.78, 5) is 0. The van der Waals surface area contributed by atoms with E-state index in [9.17, 15) is 0 Å². The second-order valence-corrected chi connectivity index (χ2v) is 5.46. The van der Waals surface area contributed by atoms with E-state index in [1.807, 2.05) is 0 Å². The van der Waals surface area contributed by atoms with Gasteiger partial charge in [-0.2, -0.15) is 0 Å². The molecule has 1 saturated carbocycles. The summed E-state index contributed by atoms with van der Waals surface area (Å²) in [5.74, 6) is 0. The molecule has 16 heavy (non-hydrogen) atoms. The Bertz CT molecular complexity index is 337. The van der Waals surface area contributed by atoms with Gasteiger partial charge in [-0.1, -0.05) is 49.1 Å². The first-order chi connectivity index (χ1) is 7.68. The van der Waals surface area contributed by atoms with Gasteiger partial charge in [0.2, 0.25) is 0 Å². The summed E-state index contributed by atoms with van der Waals surface area (Å²) in [6.45, 7) is 5.55. The van der Waals surface area contributed by atoms with Crippen LogP contribution in [0.5, 0.6) is 0 Å². The maximum Gasteiger partial charge on any atom is 0.0210 e. The molecule has 0 amide bonds. The van der Waals surface area contributed by atoms with Crippen molar-refractivity contribution in [3.8, 4) is 0 Å². The molecule has 1 N–H and O–H groups in total. The lowest BCUT2D eigenvalue weighted by Crippen LogP contribution is -2.43. The largest absolute Gasteiger partial charge is 0.307 e. The molecule has 1 aromatic rings. The average Bonchev–Trinajstić information content (AvgIpc) is 2.28. The first kappa shape index (κ1) is 11.7. The second-order valence-electron chi connectivity index (χ2n) is 5.46. The predicted octanol–water partition coefficient (Wildman–Crippen LogP) is 3.81. The summed E-state index contributed by atoms with van der Waals surface area (Å²) >= 11 is 0. The van der Waals surface area contributed by atoms with E-state index in [4.69, 9.17) is 0 Å². The lowest BCUT2D eigenvalue weighted by molar-refractivity contribution is 0.252. The molecule has 1 nitrogen and oxygen atoms in total. The molecule has 0 unspecified atom stereocenters. The molecule has 2 rings (SSSR count). The van der Waals surface area contributed by atoms with E-state index in [2.05, 4.69) is 43.4 Å². The fraction of sp³-hybridized carbons (Fsp3) is 0.600. The van der Waals surface area contributed by atoms with E-state index in [1.165, 1.54) is 43.2 Å². The highest BCUT2D eigenvalue weighted by molar-refractivity contribution is 5.22. The average molecular weight is 217 g/mol. The van der Waals surface area contributed by atoms with Gasteiger partial charge in [0, 0.05) is 12.1 Å². The smallest absolute Gasteiger partial charge is 0.0210 e. The van der Waals surface area contributed by atoms with Gasteiger partial charge in [0.25, 0.3) is 0 Å². The Morgan fingerprint density at radius 2 is 1.94 bits per heavy atom. The van der Waals surface area contributed by atoms with Gasteiger partial charge < -0.3 is 5.32 Å². The fourth-order valence-corrected chi connectivity index (χ4v) is 2.65. The first-order valence-corrected chi connectivity index (χ1v) is 6.49. The molecule has 0 radical (unpaired) electrons. The Balaban J connectivity index is 1.91. The molecule has 1 heteroatoms. The molecule has 1 aromatic carbocycles. The molecular weight excluding hydrogens is 194 g/mol. The maximum absolute atomic E-state index is 3.74. The van der Waals surface area contributed by atoms with E-state index in [-0.39, 0.29) is 0 Å². The number of rotatable bonds is 3. The van der Waals surface area contributed by atoms with E-state index >= 15 is 0 Å². The summed E-state index contributed by atoms with van der Waals surface area (Å²) in [7, 11) is 0. The molecule has 0 heterocycles. The van der Waals surface area contributed by atoms with Crippen LogP contribution in [0.1, 0.15) is 50.2 Å². The van der Waals surface area contributed by atoms with Crippen molar-refractivity contribution in [3.63, 3.8) is 0 Å². The standard InChI is InChI=1S/C15H23N/c1-13-7-6-8-14(11-13)12-16-15(2)9-4-3-5-10-15/h6-8,11,16H,3-5,9-10,12H2,1-2H3. The highest BCUT2D eigenvalue weighted by Gasteiger charge is 2.25. The van der Waals surface area contributed by atoms with Crippen LogP contribution in [0.15, 0.2) is 24.3 Å². The zero-order valence-electron chi connectivity index (χ0n) is 10.6. The summed E-state index contributed by atoms with van der Waals surface area (Å²) in [6, 6.07) is 8.80. The molecule has 88 valence electrons. The van der Waals surface area contributed by atoms with Gasteiger partial charge in [-0.25, -0.2) is 0 Å². The summed E-state index contributed by atoms with van der Waals surface area (Å²) in [6.07, 6.45) is 6.86. The lowest BCUT2D eigenvalue weighted by atomic mass is 9.83. The fourth-order valence-electron chi connectivity index (χ4n) is 2.65. The van der Waals surface area contributed by atoms with E-state index in [0.717, 1.165) is 6.54 Å². The normalized spacial score (nSPS) is 19.6. The van der Waals surface area contributed by atoms with Crippen LogP contribution in [0, 0.1) is 6.92 Å². The number of hydrogen-bond acceptors (Lipinski definition) is 1. The molecule has 0 aliphatic heterocycles. The Kier molecular flexibility index (Phi) is 3.65. The summed E-state index contributed by atoms with van der Waals surface area (Å²) in [5.41, 5.74) is 3.14. The van der Waals surface area contributed by atoms with Crippen molar-refractivity contribution in [3.05, 3.63) is 35.4 Å². The minimum atomic E-state index is 0.377. The predicted molar refractivity (Wildman–Crippen MR) is 69.5 cm³/mol. The van der Waals surface area contributed by atoms with Gasteiger partial charge in [0.05, 0.1) is 0 Å². The zero-order chi connectivity index (χ0) is 11.4. The van der Waals surface area contributed by atoms with Gasteiger partial charge in [0.15, 0.2) is 0 Å². The SMILES string of the molecule is Cc1cccc(CNC2(C)CCCCC2)c1. The van der Waals surface area contributed by atoms with Crippen molar-refractivity contribution in [2.24, 2.45) is 0 Å². The highest BCUT2D eigenvalue weighted by atomic mass is 15.0. The highest BCUT2D eigenvalue weighted by Crippen LogP contribution is 2.27. The first-order valence-electron chi connectivity index (χ1n) is 6.49. The molecule has 0 atom stereocenters. The van der Waals surface area contributed by atoms with Crippen LogP contribution in [0.4, 0.5) is 0 Å². The van der Waals surface area contributed by atoms with Crippen molar-refractivity contribution in [2.75, 3.05) is 0 Å². The van der Waals surface area contributed by atoms with Crippen molar-refractivity contribution >= 4 is 0 Å². The third-order valence-electron chi connectivity index (χ3n) is 3.76. The monoisotopic (exact) mass is 217 g/mol. The van der Waals surface area contributed by atoms with Gasteiger partial charge in [-0.15, -0.1) is 0 Å². The van der Waals surface area contributed by atoms with E-state index < -0.39 is 0 Å². The molecule has 0 saturated heterocycles. The molecule has 1 aliphatic carbocycles. The summed E-state index contributed by atoms with van der Waals surface area (Å²) in [5, 5.41) is 3.74. The summed E-state index contributed by atoms with van der Waals surface area (Å²) < 4.78 is 0. The minimum Gasteiger partial charge on any atom is -0.307 e. The topological polar surface area (TPSA) is 12.0 Å². The number of nitrogens with one attached hydrogen (secondary N) is 1. The Morgan fingerprint density at radius 1 is 1.19 bits per heavy atom. The van der Waals surface area contributed by atoms with Crippen LogP contribution >= 0.6 is 0 Å². The van der Waals surface area contributed by atoms with E-state index in [1.54, 1.807) is 0 Å².